The van der Waals surface area contributed by atoms with E-state index in [2.05, 4.69) is 21.3 Å². The summed E-state index contributed by atoms with van der Waals surface area (Å²) >= 11 is 0. The van der Waals surface area contributed by atoms with E-state index < -0.39 is 19.7 Å². The van der Waals surface area contributed by atoms with Gasteiger partial charge in [-0.2, -0.15) is 0 Å². The predicted molar refractivity (Wildman–Crippen MR) is 190 cm³/mol. The molecule has 0 aliphatic rings. The standard InChI is InChI=1S/C29H48N4O4S2.4ClH/c1-38(34,35)28-14-10-26(11-15-28)24-32-22-8-20-30-18-6-4-3-5-7-19-31-21-9-23-33-25-27-12-16-29(17-13-27)39(2,36)37;;;;/h10-17,30-33H,3-9,18-25H2,1-2H3;4*1H. The second kappa shape index (κ2) is 26.5. The fourth-order valence-corrected chi connectivity index (χ4v) is 5.39. The third-order valence-electron chi connectivity index (χ3n) is 6.48. The van der Waals surface area contributed by atoms with Gasteiger partial charge in [-0.3, -0.25) is 0 Å². The Kier molecular flexibility index (Phi) is 28.9. The Bertz CT molecular complexity index is 1060. The van der Waals surface area contributed by atoms with Crippen LogP contribution in [0.5, 0.6) is 0 Å². The Morgan fingerprint density at radius 1 is 0.419 bits per heavy atom. The van der Waals surface area contributed by atoms with Gasteiger partial charge in [-0.05, 0) is 100 Å². The highest BCUT2D eigenvalue weighted by atomic mass is 35.5. The lowest BCUT2D eigenvalue weighted by Crippen LogP contribution is -2.22. The third kappa shape index (κ3) is 22.5. The molecule has 8 nitrogen and oxygen atoms in total. The van der Waals surface area contributed by atoms with Crippen molar-refractivity contribution in [3.63, 3.8) is 0 Å². The molecule has 0 spiro atoms. The van der Waals surface area contributed by atoms with Crippen molar-refractivity contribution in [3.8, 4) is 0 Å². The molecule has 2 rings (SSSR count). The van der Waals surface area contributed by atoms with Crippen LogP contribution in [-0.2, 0) is 32.8 Å². The van der Waals surface area contributed by atoms with Gasteiger partial charge in [-0.15, -0.1) is 49.6 Å². The Labute approximate surface area is 285 Å². The van der Waals surface area contributed by atoms with Crippen LogP contribution < -0.4 is 21.3 Å². The van der Waals surface area contributed by atoms with Gasteiger partial charge in [-0.25, -0.2) is 16.8 Å². The maximum atomic E-state index is 11.5. The number of hydrogen-bond acceptors (Lipinski definition) is 8. The van der Waals surface area contributed by atoms with E-state index in [1.54, 1.807) is 24.3 Å². The Hall–Kier alpha value is -0.660. The van der Waals surface area contributed by atoms with E-state index in [0.717, 1.165) is 76.3 Å². The van der Waals surface area contributed by atoms with E-state index in [0.29, 0.717) is 9.79 Å². The molecule has 0 unspecified atom stereocenters. The fourth-order valence-electron chi connectivity index (χ4n) is 4.13. The van der Waals surface area contributed by atoms with E-state index in [9.17, 15) is 16.8 Å². The van der Waals surface area contributed by atoms with Crippen molar-refractivity contribution < 1.29 is 16.8 Å². The average molecular weight is 727 g/mol. The molecule has 2 aromatic rings. The van der Waals surface area contributed by atoms with Crippen molar-refractivity contribution in [1.29, 1.82) is 0 Å². The molecule has 0 saturated carbocycles. The molecule has 0 heterocycles. The number of unbranched alkanes of at least 4 members (excludes halogenated alkanes) is 4. The Balaban J connectivity index is -0.00000400. The molecule has 4 N–H and O–H groups in total. The van der Waals surface area contributed by atoms with Crippen molar-refractivity contribution in [3.05, 3.63) is 59.7 Å². The molecule has 43 heavy (non-hydrogen) atoms. The van der Waals surface area contributed by atoms with E-state index >= 15 is 0 Å². The van der Waals surface area contributed by atoms with Gasteiger partial charge in [0.1, 0.15) is 0 Å². The van der Waals surface area contributed by atoms with E-state index in [1.807, 2.05) is 24.3 Å². The van der Waals surface area contributed by atoms with Crippen LogP contribution in [0.4, 0.5) is 0 Å². The Morgan fingerprint density at radius 2 is 0.698 bits per heavy atom. The van der Waals surface area contributed by atoms with Gasteiger partial charge in [0.15, 0.2) is 19.7 Å². The summed E-state index contributed by atoms with van der Waals surface area (Å²) in [6.45, 7) is 7.53. The van der Waals surface area contributed by atoms with Crippen LogP contribution in [0.25, 0.3) is 0 Å². The molecule has 0 radical (unpaired) electrons. The topological polar surface area (TPSA) is 116 Å². The maximum Gasteiger partial charge on any atom is 0.175 e. The number of hydrogen-bond donors (Lipinski definition) is 4. The molecular weight excluding hydrogens is 674 g/mol. The summed E-state index contributed by atoms with van der Waals surface area (Å²) in [5, 5.41) is 13.8. The number of sulfone groups is 2. The van der Waals surface area contributed by atoms with Gasteiger partial charge in [0.25, 0.3) is 0 Å². The second-order valence-corrected chi connectivity index (χ2v) is 14.2. The van der Waals surface area contributed by atoms with Crippen LogP contribution in [0.1, 0.15) is 56.1 Å². The molecule has 0 saturated heterocycles. The SMILES string of the molecule is CS(=O)(=O)c1ccc(CNCCCNCCCCCCCNCCCNCc2ccc(S(C)(=O)=O)cc2)cc1.Cl.Cl.Cl.Cl. The first-order valence-corrected chi connectivity index (χ1v) is 17.9. The van der Waals surface area contributed by atoms with Crippen LogP contribution in [0, 0.1) is 0 Å². The summed E-state index contributed by atoms with van der Waals surface area (Å²) < 4.78 is 46.0. The van der Waals surface area contributed by atoms with E-state index in [4.69, 9.17) is 0 Å². The number of rotatable bonds is 22. The van der Waals surface area contributed by atoms with E-state index in [-0.39, 0.29) is 49.6 Å². The van der Waals surface area contributed by atoms with Crippen LogP contribution in [0.15, 0.2) is 58.3 Å². The molecule has 0 fully saturated rings. The summed E-state index contributed by atoms with van der Waals surface area (Å²) in [4.78, 5) is 0.728. The molecule has 0 aliphatic heterocycles. The first-order valence-electron chi connectivity index (χ1n) is 14.1. The molecule has 0 aromatic heterocycles. The average Bonchev–Trinajstić information content (AvgIpc) is 2.89. The summed E-state index contributed by atoms with van der Waals surface area (Å²) in [5.41, 5.74) is 2.19. The zero-order chi connectivity index (χ0) is 28.4. The normalized spacial score (nSPS) is 11.0. The molecule has 0 amide bonds. The lowest BCUT2D eigenvalue weighted by molar-refractivity contribution is 0.537. The van der Waals surface area contributed by atoms with Crippen LogP contribution in [-0.4, -0.2) is 68.6 Å². The summed E-state index contributed by atoms with van der Waals surface area (Å²) in [7, 11) is -6.26. The summed E-state index contributed by atoms with van der Waals surface area (Å²) in [6, 6.07) is 14.1. The lowest BCUT2D eigenvalue weighted by atomic mass is 10.1. The first-order chi connectivity index (χ1) is 18.7. The fraction of sp³-hybridized carbons (Fsp3) is 0.586. The monoisotopic (exact) mass is 724 g/mol. The molecule has 2 aromatic carbocycles. The third-order valence-corrected chi connectivity index (χ3v) is 8.74. The zero-order valence-corrected chi connectivity index (χ0v) is 30.2. The second-order valence-electron chi connectivity index (χ2n) is 10.2. The minimum Gasteiger partial charge on any atom is -0.317 e. The van der Waals surface area contributed by atoms with E-state index in [1.165, 1.54) is 44.6 Å². The number of nitrogens with one attached hydrogen (secondary N) is 4. The van der Waals surface area contributed by atoms with Gasteiger partial charge in [0.2, 0.25) is 0 Å². The quantitative estimate of drug-likeness (QED) is 0.126. The highest BCUT2D eigenvalue weighted by Crippen LogP contribution is 2.11. The molecule has 14 heteroatoms. The van der Waals surface area contributed by atoms with Crippen molar-refractivity contribution in [2.45, 2.75) is 67.8 Å². The van der Waals surface area contributed by atoms with Gasteiger partial charge < -0.3 is 21.3 Å². The van der Waals surface area contributed by atoms with Gasteiger partial charge >= 0.3 is 0 Å². The van der Waals surface area contributed by atoms with Crippen molar-refractivity contribution in [2.24, 2.45) is 0 Å². The van der Waals surface area contributed by atoms with Gasteiger partial charge in [0, 0.05) is 25.6 Å². The molecule has 0 atom stereocenters. The smallest absolute Gasteiger partial charge is 0.175 e. The van der Waals surface area contributed by atoms with Crippen LogP contribution in [0.3, 0.4) is 0 Å². The maximum absolute atomic E-state index is 11.5. The molecule has 0 aliphatic carbocycles. The molecule has 252 valence electrons. The largest absolute Gasteiger partial charge is 0.317 e. The highest BCUT2D eigenvalue weighted by Gasteiger charge is 2.06. The molecular formula is C29H52Cl4N4O4S2. The van der Waals surface area contributed by atoms with Crippen molar-refractivity contribution in [2.75, 3.05) is 51.8 Å². The van der Waals surface area contributed by atoms with Crippen molar-refractivity contribution >= 4 is 69.3 Å². The van der Waals surface area contributed by atoms with Crippen LogP contribution >= 0.6 is 49.6 Å². The Morgan fingerprint density at radius 3 is 1.02 bits per heavy atom. The zero-order valence-electron chi connectivity index (χ0n) is 25.3. The van der Waals surface area contributed by atoms with Gasteiger partial charge in [-0.1, -0.05) is 43.5 Å². The minimum absolute atomic E-state index is 0. The number of halogens is 4. The highest BCUT2D eigenvalue weighted by molar-refractivity contribution is 7.91. The summed E-state index contributed by atoms with van der Waals surface area (Å²) in [5.74, 6) is 0. The van der Waals surface area contributed by atoms with Crippen molar-refractivity contribution in [1.82, 2.24) is 21.3 Å². The van der Waals surface area contributed by atoms with Crippen LogP contribution in [0.2, 0.25) is 0 Å². The number of benzene rings is 2. The first kappa shape index (κ1) is 46.8. The predicted octanol–water partition coefficient (Wildman–Crippen LogP) is 4.97. The lowest BCUT2D eigenvalue weighted by Gasteiger charge is -2.08. The minimum atomic E-state index is -3.13. The molecule has 0 bridgehead atoms. The van der Waals surface area contributed by atoms with Gasteiger partial charge in [0.05, 0.1) is 9.79 Å². The summed E-state index contributed by atoms with van der Waals surface area (Å²) in [6.07, 6.45) is 10.8.